The molecule has 0 radical (unpaired) electrons. The first-order chi connectivity index (χ1) is 9.52. The van der Waals surface area contributed by atoms with Gasteiger partial charge in [0.25, 0.3) is 0 Å². The molecule has 0 aliphatic carbocycles. The number of aliphatic hydroxyl groups is 1. The maximum Gasteiger partial charge on any atom is 0.232 e. The predicted molar refractivity (Wildman–Crippen MR) is 76.5 cm³/mol. The van der Waals surface area contributed by atoms with Crippen LogP contribution in [0.2, 0.25) is 0 Å². The molecule has 6 heteroatoms. The number of likely N-dealkylation sites (N-methyl/N-ethyl adjacent to an activating group) is 2. The second-order valence-electron chi connectivity index (χ2n) is 5.86. The Kier molecular flexibility index (Phi) is 5.12. The van der Waals surface area contributed by atoms with E-state index in [1.807, 2.05) is 6.92 Å². The third-order valence-corrected chi connectivity index (χ3v) is 4.16. The van der Waals surface area contributed by atoms with Crippen molar-refractivity contribution in [2.24, 2.45) is 0 Å². The highest BCUT2D eigenvalue weighted by atomic mass is 16.5. The zero-order valence-electron chi connectivity index (χ0n) is 12.9. The summed E-state index contributed by atoms with van der Waals surface area (Å²) in [5.74, 6) is 1.21. The average molecular weight is 282 g/mol. The first-order valence-electron chi connectivity index (χ1n) is 7.43. The molecule has 1 N–H and O–H groups in total. The monoisotopic (exact) mass is 282 g/mol. The molecule has 1 aliphatic heterocycles. The summed E-state index contributed by atoms with van der Waals surface area (Å²) in [6.45, 7) is 6.82. The van der Waals surface area contributed by atoms with Crippen molar-refractivity contribution in [2.75, 3.05) is 33.7 Å². The molecule has 1 aromatic rings. The van der Waals surface area contributed by atoms with Crippen molar-refractivity contribution in [3.05, 3.63) is 11.7 Å². The van der Waals surface area contributed by atoms with Crippen molar-refractivity contribution in [1.82, 2.24) is 19.9 Å². The van der Waals surface area contributed by atoms with E-state index in [1.54, 1.807) is 6.92 Å². The van der Waals surface area contributed by atoms with Gasteiger partial charge in [0.15, 0.2) is 5.82 Å². The largest absolute Gasteiger partial charge is 0.393 e. The molecule has 1 saturated heterocycles. The minimum atomic E-state index is -0.470. The van der Waals surface area contributed by atoms with E-state index in [1.165, 1.54) is 0 Å². The van der Waals surface area contributed by atoms with Crippen molar-refractivity contribution in [3.63, 3.8) is 0 Å². The van der Waals surface area contributed by atoms with Crippen LogP contribution < -0.4 is 0 Å². The van der Waals surface area contributed by atoms with E-state index < -0.39 is 6.10 Å². The van der Waals surface area contributed by atoms with Crippen molar-refractivity contribution in [1.29, 1.82) is 0 Å². The summed E-state index contributed by atoms with van der Waals surface area (Å²) in [6.07, 6.45) is 1.47. The molecule has 6 nitrogen and oxygen atoms in total. The van der Waals surface area contributed by atoms with E-state index in [0.29, 0.717) is 5.89 Å². The van der Waals surface area contributed by atoms with Crippen molar-refractivity contribution in [2.45, 2.75) is 44.8 Å². The van der Waals surface area contributed by atoms with Gasteiger partial charge in [0.1, 0.15) is 0 Å². The van der Waals surface area contributed by atoms with Gasteiger partial charge < -0.3 is 14.5 Å². The van der Waals surface area contributed by atoms with E-state index in [0.717, 1.165) is 38.3 Å². The quantitative estimate of drug-likeness (QED) is 0.896. The number of rotatable bonds is 4. The van der Waals surface area contributed by atoms with Gasteiger partial charge in [0, 0.05) is 6.54 Å². The summed E-state index contributed by atoms with van der Waals surface area (Å²) >= 11 is 0. The lowest BCUT2D eigenvalue weighted by Gasteiger charge is -2.24. The van der Waals surface area contributed by atoms with Gasteiger partial charge in [-0.15, -0.1) is 0 Å². The van der Waals surface area contributed by atoms with E-state index in [-0.39, 0.29) is 12.0 Å². The van der Waals surface area contributed by atoms with Gasteiger partial charge in [-0.25, -0.2) is 0 Å². The Balaban J connectivity index is 2.18. The molecular weight excluding hydrogens is 256 g/mol. The fraction of sp³-hybridized carbons (Fsp3) is 0.857. The second kappa shape index (κ2) is 6.65. The van der Waals surface area contributed by atoms with Gasteiger partial charge in [-0.3, -0.25) is 4.90 Å². The fourth-order valence-corrected chi connectivity index (χ4v) is 2.81. The van der Waals surface area contributed by atoms with Crippen LogP contribution in [0.1, 0.15) is 50.4 Å². The highest BCUT2D eigenvalue weighted by molar-refractivity contribution is 5.01. The van der Waals surface area contributed by atoms with Crippen LogP contribution in [0.3, 0.4) is 0 Å². The smallest absolute Gasteiger partial charge is 0.232 e. The first-order valence-corrected chi connectivity index (χ1v) is 7.43. The molecule has 2 heterocycles. The summed E-state index contributed by atoms with van der Waals surface area (Å²) in [6, 6.07) is 0.159. The molecule has 1 aromatic heterocycles. The van der Waals surface area contributed by atoms with Crippen LogP contribution in [-0.2, 0) is 0 Å². The van der Waals surface area contributed by atoms with Crippen LogP contribution in [0, 0.1) is 0 Å². The molecule has 1 fully saturated rings. The molecule has 2 rings (SSSR count). The van der Waals surface area contributed by atoms with E-state index in [9.17, 15) is 5.11 Å². The molecule has 0 spiro atoms. The molecule has 3 atom stereocenters. The van der Waals surface area contributed by atoms with Gasteiger partial charge in [-0.1, -0.05) is 12.1 Å². The molecule has 0 amide bonds. The van der Waals surface area contributed by atoms with Crippen molar-refractivity contribution >= 4 is 0 Å². The van der Waals surface area contributed by atoms with Gasteiger partial charge in [0.05, 0.1) is 18.1 Å². The van der Waals surface area contributed by atoms with Crippen molar-refractivity contribution in [3.8, 4) is 0 Å². The number of hydrogen-bond acceptors (Lipinski definition) is 6. The van der Waals surface area contributed by atoms with E-state index in [4.69, 9.17) is 4.52 Å². The Labute approximate surface area is 120 Å². The second-order valence-corrected chi connectivity index (χ2v) is 5.86. The third kappa shape index (κ3) is 3.37. The van der Waals surface area contributed by atoms with Gasteiger partial charge >= 0.3 is 0 Å². The topological polar surface area (TPSA) is 65.6 Å². The molecule has 3 unspecified atom stereocenters. The summed E-state index contributed by atoms with van der Waals surface area (Å²) in [4.78, 5) is 9.13. The summed E-state index contributed by atoms with van der Waals surface area (Å²) in [5, 5.41) is 13.9. The Morgan fingerprint density at radius 3 is 2.80 bits per heavy atom. The maximum atomic E-state index is 9.78. The van der Waals surface area contributed by atoms with Crippen LogP contribution >= 0.6 is 0 Å². The number of aliphatic hydroxyl groups excluding tert-OH is 1. The molecule has 0 saturated carbocycles. The summed E-state index contributed by atoms with van der Waals surface area (Å²) < 4.78 is 5.39. The van der Waals surface area contributed by atoms with E-state index in [2.05, 4.69) is 34.0 Å². The zero-order valence-corrected chi connectivity index (χ0v) is 12.9. The lowest BCUT2D eigenvalue weighted by atomic mass is 10.0. The number of hydrogen-bond donors (Lipinski definition) is 1. The first kappa shape index (κ1) is 15.4. The van der Waals surface area contributed by atoms with Crippen LogP contribution in [-0.4, -0.2) is 64.9 Å². The highest BCUT2D eigenvalue weighted by Crippen LogP contribution is 2.25. The standard InChI is InChI=1S/C14H26N4O2/c1-5-11(10(2)19)14-15-13(16-20-14)12-9-17(3)7-6-8-18(12)4/h10-12,19H,5-9H2,1-4H3. The fourth-order valence-electron chi connectivity index (χ4n) is 2.81. The molecule has 0 aromatic carbocycles. The minimum Gasteiger partial charge on any atom is -0.393 e. The molecular formula is C14H26N4O2. The van der Waals surface area contributed by atoms with Crippen LogP contribution in [0.25, 0.3) is 0 Å². The molecule has 20 heavy (non-hydrogen) atoms. The lowest BCUT2D eigenvalue weighted by Crippen LogP contribution is -2.31. The predicted octanol–water partition coefficient (Wildman–Crippen LogP) is 1.25. The zero-order chi connectivity index (χ0) is 14.7. The number of nitrogens with zero attached hydrogens (tertiary/aromatic N) is 4. The number of aromatic nitrogens is 2. The van der Waals surface area contributed by atoms with Gasteiger partial charge in [-0.05, 0) is 47.0 Å². The van der Waals surface area contributed by atoms with Gasteiger partial charge in [-0.2, -0.15) is 4.98 Å². The molecule has 1 aliphatic rings. The average Bonchev–Trinajstić information content (AvgIpc) is 2.78. The Bertz CT molecular complexity index is 421. The van der Waals surface area contributed by atoms with Gasteiger partial charge in [0.2, 0.25) is 5.89 Å². The summed E-state index contributed by atoms with van der Waals surface area (Å²) in [7, 11) is 4.23. The maximum absolute atomic E-state index is 9.78. The Morgan fingerprint density at radius 2 is 2.15 bits per heavy atom. The van der Waals surface area contributed by atoms with Crippen LogP contribution in [0.5, 0.6) is 0 Å². The van der Waals surface area contributed by atoms with Crippen LogP contribution in [0.15, 0.2) is 4.52 Å². The third-order valence-electron chi connectivity index (χ3n) is 4.16. The van der Waals surface area contributed by atoms with Crippen molar-refractivity contribution < 1.29 is 9.63 Å². The van der Waals surface area contributed by atoms with E-state index >= 15 is 0 Å². The SMILES string of the molecule is CCC(c1nc(C2CN(C)CCCN2C)no1)C(C)O. The Morgan fingerprint density at radius 1 is 1.40 bits per heavy atom. The molecule has 114 valence electrons. The molecule has 0 bridgehead atoms. The highest BCUT2D eigenvalue weighted by Gasteiger charge is 2.29. The van der Waals surface area contributed by atoms with Crippen LogP contribution in [0.4, 0.5) is 0 Å². The normalized spacial score (nSPS) is 25.4. The summed E-state index contributed by atoms with van der Waals surface area (Å²) in [5.41, 5.74) is 0. The minimum absolute atomic E-state index is 0.0786. The Hall–Kier alpha value is -0.980. The lowest BCUT2D eigenvalue weighted by molar-refractivity contribution is 0.141.